The summed E-state index contributed by atoms with van der Waals surface area (Å²) in [5, 5.41) is 5.70. The van der Waals surface area contributed by atoms with Crippen molar-refractivity contribution in [3.63, 3.8) is 0 Å². The number of Topliss-reactive ketones (excluding diaryl/α,β-unsaturated/α-hetero) is 1. The highest BCUT2D eigenvalue weighted by Gasteiger charge is 2.40. The molecule has 0 saturated heterocycles. The first-order valence-corrected chi connectivity index (χ1v) is 7.26. The molecule has 0 aromatic heterocycles. The topological polar surface area (TPSA) is 58.2 Å². The van der Waals surface area contributed by atoms with Crippen molar-refractivity contribution >= 4 is 11.8 Å². The molecule has 1 aromatic rings. The number of carbonyl (C=O) groups excluding carboxylic acids is 2. The fourth-order valence-electron chi connectivity index (χ4n) is 3.17. The number of carbonyl (C=O) groups is 2. The molecule has 0 radical (unpaired) electrons. The Labute approximate surface area is 124 Å². The highest BCUT2D eigenvalue weighted by Crippen LogP contribution is 2.41. The standard InChI is InChI=1S/C17H20N2O2/c1-10-4-6-11(7-5-10)15-14-12(18-16(21)19-15)8-17(2,3)9-13(14)20/h4-7,15H,8-9H2,1-3H3,(H2,18,19,21). The average molecular weight is 284 g/mol. The number of allylic oxidation sites excluding steroid dienone is 1. The number of benzene rings is 1. The van der Waals surface area contributed by atoms with Crippen molar-refractivity contribution in [2.45, 2.75) is 39.7 Å². The lowest BCUT2D eigenvalue weighted by molar-refractivity contribution is -0.118. The zero-order valence-corrected chi connectivity index (χ0v) is 12.6. The van der Waals surface area contributed by atoms with Crippen molar-refractivity contribution in [1.82, 2.24) is 10.6 Å². The Bertz CT molecular complexity index is 641. The first kappa shape index (κ1) is 13.9. The minimum atomic E-state index is -0.335. The van der Waals surface area contributed by atoms with Crippen LogP contribution in [0.15, 0.2) is 35.5 Å². The number of rotatable bonds is 1. The highest BCUT2D eigenvalue weighted by atomic mass is 16.2. The van der Waals surface area contributed by atoms with Gasteiger partial charge in [-0.05, 0) is 24.3 Å². The molecular formula is C17H20N2O2. The minimum absolute atomic E-state index is 0.0988. The van der Waals surface area contributed by atoms with Crippen LogP contribution in [0.5, 0.6) is 0 Å². The van der Waals surface area contributed by atoms with E-state index in [1.165, 1.54) is 0 Å². The fourth-order valence-corrected chi connectivity index (χ4v) is 3.17. The maximum absolute atomic E-state index is 12.6. The number of urea groups is 1. The summed E-state index contributed by atoms with van der Waals surface area (Å²) in [6, 6.07) is 7.39. The molecule has 2 aliphatic rings. The second kappa shape index (κ2) is 4.72. The van der Waals surface area contributed by atoms with Gasteiger partial charge in [0.1, 0.15) is 0 Å². The molecule has 2 amide bonds. The molecule has 21 heavy (non-hydrogen) atoms. The molecule has 1 heterocycles. The van der Waals surface area contributed by atoms with Crippen LogP contribution >= 0.6 is 0 Å². The normalized spacial score (nSPS) is 24.2. The van der Waals surface area contributed by atoms with Crippen molar-refractivity contribution < 1.29 is 9.59 Å². The molecule has 0 bridgehead atoms. The Hall–Kier alpha value is -2.10. The number of nitrogens with one attached hydrogen (secondary N) is 2. The van der Waals surface area contributed by atoms with Gasteiger partial charge in [0.2, 0.25) is 0 Å². The maximum Gasteiger partial charge on any atom is 0.319 e. The first-order chi connectivity index (χ1) is 9.85. The summed E-state index contributed by atoms with van der Waals surface area (Å²) >= 11 is 0. The van der Waals surface area contributed by atoms with Crippen LogP contribution in [-0.2, 0) is 4.79 Å². The number of aryl methyl sites for hydroxylation is 1. The molecule has 1 atom stereocenters. The van der Waals surface area contributed by atoms with Crippen LogP contribution in [0.1, 0.15) is 43.9 Å². The van der Waals surface area contributed by atoms with Crippen LogP contribution in [-0.4, -0.2) is 11.8 Å². The van der Waals surface area contributed by atoms with Gasteiger partial charge in [-0.15, -0.1) is 0 Å². The molecule has 110 valence electrons. The number of hydrogen-bond acceptors (Lipinski definition) is 2. The summed E-state index contributed by atoms with van der Waals surface area (Å²) in [7, 11) is 0. The van der Waals surface area contributed by atoms with E-state index in [1.807, 2.05) is 31.2 Å². The lowest BCUT2D eigenvalue weighted by atomic mass is 9.73. The zero-order chi connectivity index (χ0) is 15.2. The van der Waals surface area contributed by atoms with Gasteiger partial charge in [0.25, 0.3) is 0 Å². The average Bonchev–Trinajstić information content (AvgIpc) is 2.36. The second-order valence-corrected chi connectivity index (χ2v) is 6.78. The van der Waals surface area contributed by atoms with Gasteiger partial charge >= 0.3 is 6.03 Å². The highest BCUT2D eigenvalue weighted by molar-refractivity contribution is 6.01. The van der Waals surface area contributed by atoms with Gasteiger partial charge in [-0.2, -0.15) is 0 Å². The lowest BCUT2D eigenvalue weighted by Crippen LogP contribution is -2.48. The van der Waals surface area contributed by atoms with Gasteiger partial charge < -0.3 is 10.6 Å². The van der Waals surface area contributed by atoms with Crippen molar-refractivity contribution in [3.05, 3.63) is 46.7 Å². The van der Waals surface area contributed by atoms with E-state index in [9.17, 15) is 9.59 Å². The molecule has 4 heteroatoms. The number of amides is 2. The van der Waals surface area contributed by atoms with E-state index in [-0.39, 0.29) is 23.3 Å². The van der Waals surface area contributed by atoms with E-state index in [2.05, 4.69) is 24.5 Å². The first-order valence-electron chi connectivity index (χ1n) is 7.26. The Balaban J connectivity index is 2.06. The summed E-state index contributed by atoms with van der Waals surface area (Å²) < 4.78 is 0. The van der Waals surface area contributed by atoms with Gasteiger partial charge in [-0.1, -0.05) is 43.7 Å². The van der Waals surface area contributed by atoms with Crippen molar-refractivity contribution in [1.29, 1.82) is 0 Å². The third kappa shape index (κ3) is 2.58. The van der Waals surface area contributed by atoms with Gasteiger partial charge in [0, 0.05) is 17.7 Å². The van der Waals surface area contributed by atoms with E-state index >= 15 is 0 Å². The van der Waals surface area contributed by atoms with Gasteiger partial charge in [0.15, 0.2) is 5.78 Å². The van der Waals surface area contributed by atoms with E-state index in [4.69, 9.17) is 0 Å². The molecule has 3 rings (SSSR count). The van der Waals surface area contributed by atoms with Crippen molar-refractivity contribution in [2.75, 3.05) is 0 Å². The SMILES string of the molecule is Cc1ccc(C2NC(=O)NC3=C2C(=O)CC(C)(C)C3)cc1. The molecule has 4 nitrogen and oxygen atoms in total. The third-order valence-corrected chi connectivity index (χ3v) is 4.16. The molecule has 0 spiro atoms. The molecular weight excluding hydrogens is 264 g/mol. The van der Waals surface area contributed by atoms with Gasteiger partial charge in [-0.3, -0.25) is 4.79 Å². The van der Waals surface area contributed by atoms with Crippen LogP contribution in [0.25, 0.3) is 0 Å². The van der Waals surface area contributed by atoms with E-state index < -0.39 is 0 Å². The quantitative estimate of drug-likeness (QED) is 0.833. The van der Waals surface area contributed by atoms with E-state index in [0.29, 0.717) is 6.42 Å². The Kier molecular flexibility index (Phi) is 3.12. The summed E-state index contributed by atoms with van der Waals surface area (Å²) in [6.45, 7) is 6.14. The summed E-state index contributed by atoms with van der Waals surface area (Å²) in [6.07, 6.45) is 1.25. The predicted molar refractivity (Wildman–Crippen MR) is 80.6 cm³/mol. The van der Waals surface area contributed by atoms with Crippen LogP contribution < -0.4 is 10.6 Å². The van der Waals surface area contributed by atoms with Crippen LogP contribution in [0.2, 0.25) is 0 Å². The van der Waals surface area contributed by atoms with Gasteiger partial charge in [-0.25, -0.2) is 4.79 Å². The summed E-state index contributed by atoms with van der Waals surface area (Å²) in [5.74, 6) is 0.124. The smallest absolute Gasteiger partial charge is 0.319 e. The largest absolute Gasteiger partial charge is 0.327 e. The predicted octanol–water partition coefficient (Wildman–Crippen LogP) is 2.99. The molecule has 2 N–H and O–H groups in total. The number of hydrogen-bond donors (Lipinski definition) is 2. The van der Waals surface area contributed by atoms with Crippen LogP contribution in [0, 0.1) is 12.3 Å². The molecule has 1 aromatic carbocycles. The van der Waals surface area contributed by atoms with E-state index in [0.717, 1.165) is 28.8 Å². The second-order valence-electron chi connectivity index (χ2n) is 6.78. The maximum atomic E-state index is 12.6. The Morgan fingerprint density at radius 2 is 1.76 bits per heavy atom. The van der Waals surface area contributed by atoms with E-state index in [1.54, 1.807) is 0 Å². The summed E-state index contributed by atoms with van der Waals surface area (Å²) in [5.41, 5.74) is 3.52. The third-order valence-electron chi connectivity index (χ3n) is 4.16. The monoisotopic (exact) mass is 284 g/mol. The summed E-state index contributed by atoms with van der Waals surface area (Å²) in [4.78, 5) is 24.5. The Morgan fingerprint density at radius 1 is 1.10 bits per heavy atom. The van der Waals surface area contributed by atoms with Crippen LogP contribution in [0.4, 0.5) is 4.79 Å². The Morgan fingerprint density at radius 3 is 2.43 bits per heavy atom. The molecule has 1 aliphatic carbocycles. The fraction of sp³-hybridized carbons (Fsp3) is 0.412. The van der Waals surface area contributed by atoms with Gasteiger partial charge in [0.05, 0.1) is 6.04 Å². The zero-order valence-electron chi connectivity index (χ0n) is 12.6. The minimum Gasteiger partial charge on any atom is -0.327 e. The number of ketones is 1. The molecule has 1 unspecified atom stereocenters. The molecule has 0 fully saturated rings. The molecule has 0 saturated carbocycles. The molecule has 1 aliphatic heterocycles. The van der Waals surface area contributed by atoms with Crippen molar-refractivity contribution in [3.8, 4) is 0 Å². The van der Waals surface area contributed by atoms with Crippen molar-refractivity contribution in [2.24, 2.45) is 5.41 Å². The van der Waals surface area contributed by atoms with Crippen LogP contribution in [0.3, 0.4) is 0 Å². The lowest BCUT2D eigenvalue weighted by Gasteiger charge is -2.38.